The molecule has 0 bridgehead atoms. The van der Waals surface area contributed by atoms with Crippen LogP contribution in [0, 0.1) is 11.7 Å². The van der Waals surface area contributed by atoms with E-state index in [1.165, 1.54) is 6.07 Å². The second-order valence-electron chi connectivity index (χ2n) is 8.89. The first-order valence-electron chi connectivity index (χ1n) is 11.9. The number of nitrogens with zero attached hydrogens (tertiary/aromatic N) is 3. The molecule has 0 aliphatic carbocycles. The van der Waals surface area contributed by atoms with Gasteiger partial charge in [-0.25, -0.2) is 14.4 Å². The van der Waals surface area contributed by atoms with Crippen LogP contribution in [0.2, 0.25) is 5.02 Å². The van der Waals surface area contributed by atoms with Gasteiger partial charge in [0.05, 0.1) is 12.3 Å². The normalized spacial score (nSPS) is 14.6. The predicted octanol–water partition coefficient (Wildman–Crippen LogP) is 6.05. The van der Waals surface area contributed by atoms with Gasteiger partial charge in [0.2, 0.25) is 0 Å². The summed E-state index contributed by atoms with van der Waals surface area (Å²) in [5, 5.41) is 0.380. The average molecular weight is 494 g/mol. The molecule has 2 heterocycles. The molecule has 4 rings (SSSR count). The molecule has 1 unspecified atom stereocenters. The van der Waals surface area contributed by atoms with Gasteiger partial charge in [-0.15, -0.1) is 0 Å². The summed E-state index contributed by atoms with van der Waals surface area (Å²) >= 11 is 5.81. The van der Waals surface area contributed by atoms with Crippen molar-refractivity contribution in [1.29, 1.82) is 0 Å². The quantitative estimate of drug-likeness (QED) is 0.282. The number of fused-ring (bicyclic) bond motifs is 1. The monoisotopic (exact) mass is 493 g/mol. The van der Waals surface area contributed by atoms with Crippen molar-refractivity contribution < 1.29 is 13.9 Å². The minimum atomic E-state index is -0.347. The lowest BCUT2D eigenvalue weighted by Crippen LogP contribution is -2.35. The van der Waals surface area contributed by atoms with Crippen LogP contribution in [-0.4, -0.2) is 40.5 Å². The van der Waals surface area contributed by atoms with Gasteiger partial charge >= 0.3 is 5.97 Å². The van der Waals surface area contributed by atoms with Gasteiger partial charge in [-0.1, -0.05) is 61.0 Å². The topological polar surface area (TPSA) is 55.3 Å². The lowest BCUT2D eigenvalue weighted by atomic mass is 10.0. The molecule has 0 saturated heterocycles. The van der Waals surface area contributed by atoms with Crippen LogP contribution in [0.25, 0.3) is 23.5 Å². The number of ether oxygens (including phenoxy) is 1. The molecule has 0 radical (unpaired) electrons. The highest BCUT2D eigenvalue weighted by Gasteiger charge is 2.21. The Bertz CT molecular complexity index is 1210. The van der Waals surface area contributed by atoms with E-state index < -0.39 is 0 Å². The van der Waals surface area contributed by atoms with Crippen LogP contribution in [0.3, 0.4) is 0 Å². The van der Waals surface area contributed by atoms with Crippen molar-refractivity contribution in [3.05, 3.63) is 81.9 Å². The molecule has 5 nitrogen and oxygen atoms in total. The summed E-state index contributed by atoms with van der Waals surface area (Å²) in [5.74, 6) is 0.454. The van der Waals surface area contributed by atoms with E-state index in [2.05, 4.69) is 16.8 Å². The summed E-state index contributed by atoms with van der Waals surface area (Å²) in [6, 6.07) is 12.5. The molecule has 1 atom stereocenters. The number of hydrogen-bond donors (Lipinski definition) is 0. The molecule has 1 aliphatic heterocycles. The lowest BCUT2D eigenvalue weighted by molar-refractivity contribution is -0.144. The highest BCUT2D eigenvalue weighted by Crippen LogP contribution is 2.23. The van der Waals surface area contributed by atoms with Crippen LogP contribution in [0.1, 0.15) is 42.7 Å². The molecule has 7 heteroatoms. The molecule has 3 aromatic rings. The largest absolute Gasteiger partial charge is 0.466 e. The van der Waals surface area contributed by atoms with E-state index in [9.17, 15) is 9.18 Å². The van der Waals surface area contributed by atoms with Gasteiger partial charge in [0, 0.05) is 60.4 Å². The molecular formula is C28H29ClFN3O2. The summed E-state index contributed by atoms with van der Waals surface area (Å²) in [7, 11) is 0. The number of halogens is 2. The molecule has 35 heavy (non-hydrogen) atoms. The van der Waals surface area contributed by atoms with Gasteiger partial charge in [-0.3, -0.25) is 9.69 Å². The Balaban J connectivity index is 1.38. The van der Waals surface area contributed by atoms with Crippen molar-refractivity contribution in [3.63, 3.8) is 0 Å². The third-order valence-corrected chi connectivity index (χ3v) is 6.23. The fourth-order valence-electron chi connectivity index (χ4n) is 4.25. The minimum absolute atomic E-state index is 0.135. The molecular weight excluding hydrogens is 465 g/mol. The van der Waals surface area contributed by atoms with Crippen molar-refractivity contribution in [2.75, 3.05) is 19.7 Å². The standard InChI is InChI=1S/C28H29ClFN3O2/c1-3-35-27(34)14-19(2)17-33-13-12-26-23(18-33)16-31-28(32-26)22-8-5-20(6-9-22)4-7-21-10-11-24(29)15-25(21)30/h4-11,15-16,19H,3,12-14,17-18H2,1-2H3/b7-4+. The second-order valence-corrected chi connectivity index (χ2v) is 9.32. The van der Waals surface area contributed by atoms with E-state index in [4.69, 9.17) is 21.3 Å². The summed E-state index contributed by atoms with van der Waals surface area (Å²) in [6.45, 7) is 6.86. The van der Waals surface area contributed by atoms with Gasteiger partial charge in [-0.05, 0) is 30.5 Å². The second kappa shape index (κ2) is 11.6. The number of carbonyl (C=O) groups excluding carboxylic acids is 1. The molecule has 0 saturated carbocycles. The fourth-order valence-corrected chi connectivity index (χ4v) is 4.40. The molecule has 0 amide bonds. The summed E-state index contributed by atoms with van der Waals surface area (Å²) in [5.41, 5.74) is 4.59. The molecule has 1 aliphatic rings. The van der Waals surface area contributed by atoms with Gasteiger partial charge in [0.1, 0.15) is 5.82 Å². The number of carbonyl (C=O) groups is 1. The number of aromatic nitrogens is 2. The third-order valence-electron chi connectivity index (χ3n) is 5.99. The molecule has 2 aromatic carbocycles. The van der Waals surface area contributed by atoms with Gasteiger partial charge in [0.25, 0.3) is 0 Å². The predicted molar refractivity (Wildman–Crippen MR) is 137 cm³/mol. The Labute approximate surface area is 210 Å². The maximum Gasteiger partial charge on any atom is 0.306 e. The van der Waals surface area contributed by atoms with Crippen molar-refractivity contribution in [2.24, 2.45) is 5.92 Å². The van der Waals surface area contributed by atoms with Crippen molar-refractivity contribution in [3.8, 4) is 11.4 Å². The maximum atomic E-state index is 14.0. The summed E-state index contributed by atoms with van der Waals surface area (Å²) in [4.78, 5) is 23.5. The third kappa shape index (κ3) is 6.74. The Kier molecular flexibility index (Phi) is 8.26. The minimum Gasteiger partial charge on any atom is -0.466 e. The van der Waals surface area contributed by atoms with Crippen LogP contribution in [0.4, 0.5) is 4.39 Å². The molecule has 0 fully saturated rings. The van der Waals surface area contributed by atoms with E-state index in [0.717, 1.165) is 48.4 Å². The number of rotatable bonds is 8. The number of hydrogen-bond acceptors (Lipinski definition) is 5. The zero-order chi connectivity index (χ0) is 24.8. The van der Waals surface area contributed by atoms with Crippen LogP contribution in [-0.2, 0) is 22.5 Å². The number of benzene rings is 2. The van der Waals surface area contributed by atoms with E-state index in [1.807, 2.05) is 43.5 Å². The maximum absolute atomic E-state index is 14.0. The zero-order valence-electron chi connectivity index (χ0n) is 20.0. The van der Waals surface area contributed by atoms with Gasteiger partial charge in [-0.2, -0.15) is 0 Å². The van der Waals surface area contributed by atoms with E-state index >= 15 is 0 Å². The highest BCUT2D eigenvalue weighted by atomic mass is 35.5. The number of esters is 1. The zero-order valence-corrected chi connectivity index (χ0v) is 20.8. The van der Waals surface area contributed by atoms with Crippen molar-refractivity contribution >= 4 is 29.7 Å². The first-order valence-corrected chi connectivity index (χ1v) is 12.3. The van der Waals surface area contributed by atoms with Gasteiger partial charge in [0.15, 0.2) is 5.82 Å². The first kappa shape index (κ1) is 25.0. The molecule has 0 N–H and O–H groups in total. The smallest absolute Gasteiger partial charge is 0.306 e. The van der Waals surface area contributed by atoms with Crippen LogP contribution in [0.15, 0.2) is 48.7 Å². The van der Waals surface area contributed by atoms with Crippen molar-refractivity contribution in [2.45, 2.75) is 33.2 Å². The molecule has 182 valence electrons. The fraction of sp³-hybridized carbons (Fsp3) is 0.321. The van der Waals surface area contributed by atoms with Crippen LogP contribution >= 0.6 is 11.6 Å². The molecule has 1 aromatic heterocycles. The van der Waals surface area contributed by atoms with E-state index in [1.54, 1.807) is 18.2 Å². The first-order chi connectivity index (χ1) is 16.9. The Hall–Kier alpha value is -3.09. The van der Waals surface area contributed by atoms with Gasteiger partial charge < -0.3 is 4.74 Å². The van der Waals surface area contributed by atoms with Crippen LogP contribution in [0.5, 0.6) is 0 Å². The van der Waals surface area contributed by atoms with Crippen LogP contribution < -0.4 is 0 Å². The Morgan fingerprint density at radius 1 is 1.23 bits per heavy atom. The SMILES string of the molecule is CCOC(=O)CC(C)CN1CCc2nc(-c3ccc(/C=C/c4ccc(Cl)cc4F)cc3)ncc2C1. The summed E-state index contributed by atoms with van der Waals surface area (Å²) in [6.07, 6.45) is 6.80. The molecule has 0 spiro atoms. The Morgan fingerprint density at radius 3 is 2.77 bits per heavy atom. The lowest BCUT2D eigenvalue weighted by Gasteiger charge is -2.30. The van der Waals surface area contributed by atoms with Crippen molar-refractivity contribution in [1.82, 2.24) is 14.9 Å². The summed E-state index contributed by atoms with van der Waals surface area (Å²) < 4.78 is 19.0. The van der Waals surface area contributed by atoms with E-state index in [0.29, 0.717) is 29.4 Å². The Morgan fingerprint density at radius 2 is 2.03 bits per heavy atom. The average Bonchev–Trinajstić information content (AvgIpc) is 2.83. The highest BCUT2D eigenvalue weighted by molar-refractivity contribution is 6.30. The van der Waals surface area contributed by atoms with E-state index in [-0.39, 0.29) is 17.7 Å².